The van der Waals surface area contributed by atoms with Crippen molar-refractivity contribution in [3.63, 3.8) is 0 Å². The fourth-order valence-corrected chi connectivity index (χ4v) is 0.942. The molecule has 0 saturated carbocycles. The maximum atomic E-state index is 11.0. The predicted octanol–water partition coefficient (Wildman–Crippen LogP) is -1.28. The zero-order chi connectivity index (χ0) is 11.1. The zero-order valence-corrected chi connectivity index (χ0v) is 8.12. The first-order chi connectivity index (χ1) is 7.18. The van der Waals surface area contributed by atoms with Crippen molar-refractivity contribution in [3.05, 3.63) is 12.2 Å². The summed E-state index contributed by atoms with van der Waals surface area (Å²) >= 11 is 0. The van der Waals surface area contributed by atoms with Crippen LogP contribution in [0.25, 0.3) is 0 Å². The molecular weight excluding hydrogens is 200 g/mol. The van der Waals surface area contributed by atoms with Gasteiger partial charge in [0.05, 0.1) is 13.2 Å². The summed E-state index contributed by atoms with van der Waals surface area (Å²) in [6.07, 6.45) is 3.37. The zero-order valence-electron chi connectivity index (χ0n) is 8.12. The van der Waals surface area contributed by atoms with Crippen LogP contribution in [-0.2, 0) is 19.1 Å². The van der Waals surface area contributed by atoms with Crippen molar-refractivity contribution in [1.29, 1.82) is 0 Å². The third kappa shape index (κ3) is 4.80. The lowest BCUT2D eigenvalue weighted by Gasteiger charge is -2.07. The molecule has 15 heavy (non-hydrogen) atoms. The SMILES string of the molecule is O=C1C=CCCOC(=O)CNC(=O)CN1. The highest BCUT2D eigenvalue weighted by Crippen LogP contribution is 1.87. The number of cyclic esters (lactones) is 1. The summed E-state index contributed by atoms with van der Waals surface area (Å²) in [4.78, 5) is 33.0. The molecule has 2 N–H and O–H groups in total. The van der Waals surface area contributed by atoms with Gasteiger partial charge in [0.25, 0.3) is 0 Å². The fraction of sp³-hybridized carbons (Fsp3) is 0.444. The van der Waals surface area contributed by atoms with E-state index in [0.29, 0.717) is 6.42 Å². The van der Waals surface area contributed by atoms with Crippen LogP contribution < -0.4 is 10.6 Å². The summed E-state index contributed by atoms with van der Waals surface area (Å²) in [5.41, 5.74) is 0. The van der Waals surface area contributed by atoms with Crippen LogP contribution in [0.3, 0.4) is 0 Å². The second-order valence-electron chi connectivity index (χ2n) is 2.91. The molecular formula is C9H12N2O4. The molecule has 1 aliphatic heterocycles. The number of hydrogen-bond acceptors (Lipinski definition) is 4. The average Bonchev–Trinajstić information content (AvgIpc) is 2.21. The standard InChI is InChI=1S/C9H12N2O4/c12-7-3-1-2-4-15-9(14)6-11-8(13)5-10-7/h1,3H,2,4-6H2,(H,10,12)(H,11,13). The lowest BCUT2D eigenvalue weighted by Crippen LogP contribution is -2.39. The van der Waals surface area contributed by atoms with Crippen LogP contribution in [0.15, 0.2) is 12.2 Å². The molecule has 82 valence electrons. The molecule has 0 bridgehead atoms. The minimum atomic E-state index is -0.483. The van der Waals surface area contributed by atoms with E-state index in [-0.39, 0.29) is 25.6 Å². The predicted molar refractivity (Wildman–Crippen MR) is 50.7 cm³/mol. The maximum absolute atomic E-state index is 11.0. The van der Waals surface area contributed by atoms with Crippen molar-refractivity contribution in [2.24, 2.45) is 0 Å². The molecule has 0 aromatic rings. The Hall–Kier alpha value is -1.85. The number of carbonyl (C=O) groups is 3. The van der Waals surface area contributed by atoms with Crippen molar-refractivity contribution >= 4 is 17.8 Å². The smallest absolute Gasteiger partial charge is 0.325 e. The molecule has 0 unspecified atom stereocenters. The monoisotopic (exact) mass is 212 g/mol. The minimum Gasteiger partial charge on any atom is -0.464 e. The Balaban J connectivity index is 2.51. The molecule has 0 radical (unpaired) electrons. The molecule has 2 amide bonds. The maximum Gasteiger partial charge on any atom is 0.325 e. The number of ether oxygens (including phenoxy) is 1. The van der Waals surface area contributed by atoms with E-state index in [2.05, 4.69) is 10.6 Å². The quantitative estimate of drug-likeness (QED) is 0.490. The Bertz CT molecular complexity index is 298. The van der Waals surface area contributed by atoms with Crippen molar-refractivity contribution < 1.29 is 19.1 Å². The number of carbonyl (C=O) groups excluding carboxylic acids is 3. The summed E-state index contributed by atoms with van der Waals surface area (Å²) in [5, 5.41) is 4.69. The van der Waals surface area contributed by atoms with Crippen molar-refractivity contribution in [1.82, 2.24) is 10.6 Å². The Morgan fingerprint density at radius 3 is 2.73 bits per heavy atom. The van der Waals surface area contributed by atoms with E-state index in [4.69, 9.17) is 4.74 Å². The molecule has 1 aliphatic rings. The number of amides is 2. The van der Waals surface area contributed by atoms with Crippen LogP contribution in [0.2, 0.25) is 0 Å². The van der Waals surface area contributed by atoms with Gasteiger partial charge in [-0.3, -0.25) is 14.4 Å². The van der Waals surface area contributed by atoms with Gasteiger partial charge in [-0.1, -0.05) is 6.08 Å². The van der Waals surface area contributed by atoms with E-state index >= 15 is 0 Å². The summed E-state index contributed by atoms with van der Waals surface area (Å²) in [7, 11) is 0. The first-order valence-electron chi connectivity index (χ1n) is 4.55. The summed E-state index contributed by atoms with van der Waals surface area (Å²) in [5.74, 6) is -1.24. The summed E-state index contributed by atoms with van der Waals surface area (Å²) < 4.78 is 4.76. The van der Waals surface area contributed by atoms with Gasteiger partial charge in [-0.25, -0.2) is 0 Å². The second-order valence-corrected chi connectivity index (χ2v) is 2.91. The number of hydrogen-bond donors (Lipinski definition) is 2. The molecule has 0 aromatic heterocycles. The van der Waals surface area contributed by atoms with Gasteiger partial charge in [0, 0.05) is 6.42 Å². The first-order valence-corrected chi connectivity index (χ1v) is 4.55. The third-order valence-electron chi connectivity index (χ3n) is 1.67. The van der Waals surface area contributed by atoms with Gasteiger partial charge < -0.3 is 15.4 Å². The van der Waals surface area contributed by atoms with E-state index in [1.165, 1.54) is 6.08 Å². The molecule has 6 heteroatoms. The van der Waals surface area contributed by atoms with Crippen LogP contribution >= 0.6 is 0 Å². The fourth-order valence-electron chi connectivity index (χ4n) is 0.942. The van der Waals surface area contributed by atoms with Crippen LogP contribution in [0.4, 0.5) is 0 Å². The van der Waals surface area contributed by atoms with Gasteiger partial charge in [-0.15, -0.1) is 0 Å². The topological polar surface area (TPSA) is 84.5 Å². The van der Waals surface area contributed by atoms with E-state index in [9.17, 15) is 14.4 Å². The highest BCUT2D eigenvalue weighted by molar-refractivity contribution is 5.91. The molecule has 6 nitrogen and oxygen atoms in total. The normalized spacial score (nSPS) is 19.3. The Morgan fingerprint density at radius 1 is 1.13 bits per heavy atom. The Labute approximate surface area is 86.7 Å². The van der Waals surface area contributed by atoms with E-state index in [1.54, 1.807) is 6.08 Å². The van der Waals surface area contributed by atoms with E-state index in [0.717, 1.165) is 0 Å². The highest BCUT2D eigenvalue weighted by atomic mass is 16.5. The van der Waals surface area contributed by atoms with E-state index < -0.39 is 11.9 Å². The minimum absolute atomic E-state index is 0.142. The van der Waals surface area contributed by atoms with Crippen molar-refractivity contribution in [2.75, 3.05) is 19.7 Å². The first kappa shape index (κ1) is 11.2. The van der Waals surface area contributed by atoms with Gasteiger partial charge in [0.2, 0.25) is 11.8 Å². The van der Waals surface area contributed by atoms with Crippen LogP contribution in [0.1, 0.15) is 6.42 Å². The molecule has 0 atom stereocenters. The highest BCUT2D eigenvalue weighted by Gasteiger charge is 2.07. The lowest BCUT2D eigenvalue weighted by atomic mass is 10.3. The van der Waals surface area contributed by atoms with Crippen molar-refractivity contribution in [3.8, 4) is 0 Å². The lowest BCUT2D eigenvalue weighted by molar-refractivity contribution is -0.143. The van der Waals surface area contributed by atoms with Gasteiger partial charge in [-0.05, 0) is 6.08 Å². The molecule has 0 saturated heterocycles. The van der Waals surface area contributed by atoms with Crippen LogP contribution in [0.5, 0.6) is 0 Å². The van der Waals surface area contributed by atoms with Crippen molar-refractivity contribution in [2.45, 2.75) is 6.42 Å². The Kier molecular flexibility index (Phi) is 4.33. The molecule has 1 heterocycles. The number of nitrogens with one attached hydrogen (secondary N) is 2. The van der Waals surface area contributed by atoms with Crippen LogP contribution in [0, 0.1) is 0 Å². The summed E-state index contributed by atoms with van der Waals surface area (Å²) in [6, 6.07) is 0. The molecule has 0 aromatic carbocycles. The largest absolute Gasteiger partial charge is 0.464 e. The van der Waals surface area contributed by atoms with Gasteiger partial charge in [-0.2, -0.15) is 0 Å². The summed E-state index contributed by atoms with van der Waals surface area (Å²) in [6.45, 7) is -0.104. The third-order valence-corrected chi connectivity index (χ3v) is 1.67. The Morgan fingerprint density at radius 2 is 1.93 bits per heavy atom. The molecule has 0 spiro atoms. The van der Waals surface area contributed by atoms with Gasteiger partial charge in [0.1, 0.15) is 6.54 Å². The molecule has 0 fully saturated rings. The number of rotatable bonds is 0. The van der Waals surface area contributed by atoms with Crippen LogP contribution in [-0.4, -0.2) is 37.5 Å². The van der Waals surface area contributed by atoms with Gasteiger partial charge in [0.15, 0.2) is 0 Å². The molecule has 1 rings (SSSR count). The van der Waals surface area contributed by atoms with E-state index in [1.807, 2.05) is 0 Å². The second kappa shape index (κ2) is 5.79. The van der Waals surface area contributed by atoms with Gasteiger partial charge >= 0.3 is 5.97 Å². The average molecular weight is 212 g/mol. The molecule has 0 aliphatic carbocycles. The number of esters is 1.